The highest BCUT2D eigenvalue weighted by atomic mass is 19.4. The van der Waals surface area contributed by atoms with E-state index in [1.165, 1.54) is 7.05 Å². The number of hydrogen-bond donors (Lipinski definition) is 1. The lowest BCUT2D eigenvalue weighted by atomic mass is 10.3. The van der Waals surface area contributed by atoms with Crippen LogP contribution in [0, 0.1) is 6.54 Å². The molecule has 5 heteroatoms. The summed E-state index contributed by atoms with van der Waals surface area (Å²) >= 11 is 0. The fourth-order valence-corrected chi connectivity index (χ4v) is 0.552. The Hall–Kier alpha value is -0.710. The summed E-state index contributed by atoms with van der Waals surface area (Å²) in [6.07, 6.45) is -3.43. The summed E-state index contributed by atoms with van der Waals surface area (Å²) in [6.45, 7) is 2.05. The van der Waals surface area contributed by atoms with E-state index >= 15 is 0 Å². The second-order valence-corrected chi connectivity index (χ2v) is 1.86. The van der Waals surface area contributed by atoms with Gasteiger partial charge in [0.05, 0.1) is 5.57 Å². The van der Waals surface area contributed by atoms with Crippen LogP contribution in [0.25, 0.3) is 0 Å². The van der Waals surface area contributed by atoms with Crippen LogP contribution < -0.4 is 5.43 Å². The Morgan fingerprint density at radius 3 is 2.40 bits per heavy atom. The first-order valence-corrected chi connectivity index (χ1v) is 2.54. The van der Waals surface area contributed by atoms with Crippen molar-refractivity contribution >= 4 is 0 Å². The van der Waals surface area contributed by atoms with E-state index in [0.29, 0.717) is 0 Å². The second-order valence-electron chi connectivity index (χ2n) is 1.86. The number of hydrazine groups is 1. The Morgan fingerprint density at radius 2 is 2.20 bits per heavy atom. The summed E-state index contributed by atoms with van der Waals surface area (Å²) in [5.41, 5.74) is 1.53. The number of hydrogen-bond acceptors (Lipinski definition) is 2. The largest absolute Gasteiger partial charge is 0.416 e. The van der Waals surface area contributed by atoms with Gasteiger partial charge in [-0.25, -0.2) is 5.01 Å². The molecule has 1 rings (SSSR count). The third kappa shape index (κ3) is 1.41. The molecule has 1 heterocycles. The third-order valence-corrected chi connectivity index (χ3v) is 0.996. The van der Waals surface area contributed by atoms with Gasteiger partial charge in [-0.2, -0.15) is 13.2 Å². The molecule has 1 N–H and O–H groups in total. The molecule has 0 bridgehead atoms. The zero-order valence-corrected chi connectivity index (χ0v) is 5.16. The molecule has 0 aromatic rings. The van der Waals surface area contributed by atoms with E-state index in [0.717, 1.165) is 11.2 Å². The van der Waals surface area contributed by atoms with E-state index in [4.69, 9.17) is 0 Å². The highest BCUT2D eigenvalue weighted by Gasteiger charge is 2.37. The molecule has 0 aromatic heterocycles. The molecule has 0 saturated heterocycles. The molecule has 0 amide bonds. The average molecular weight is 150 g/mol. The lowest BCUT2D eigenvalue weighted by Crippen LogP contribution is -2.22. The second kappa shape index (κ2) is 2.16. The fraction of sp³-hybridized carbons (Fsp3) is 0.400. The Morgan fingerprint density at radius 1 is 1.60 bits per heavy atom. The number of nitrogens with one attached hydrogen (secondary N) is 1. The summed E-state index contributed by atoms with van der Waals surface area (Å²) in [7, 11) is 1.44. The van der Waals surface area contributed by atoms with Crippen LogP contribution in [0.3, 0.4) is 0 Å². The maximum Gasteiger partial charge on any atom is 0.416 e. The smallest absolute Gasteiger partial charge is 0.325 e. The first kappa shape index (κ1) is 7.40. The predicted octanol–water partition coefficient (Wildman–Crippen LogP) is 0.921. The van der Waals surface area contributed by atoms with Crippen LogP contribution >= 0.6 is 0 Å². The van der Waals surface area contributed by atoms with Crippen molar-refractivity contribution in [1.82, 2.24) is 10.4 Å². The van der Waals surface area contributed by atoms with Gasteiger partial charge in [0, 0.05) is 13.2 Å². The molecule has 56 valence electrons. The Balaban J connectivity index is 2.60. The first-order valence-electron chi connectivity index (χ1n) is 2.54. The minimum atomic E-state index is -4.29. The van der Waals surface area contributed by atoms with Crippen LogP contribution in [0.1, 0.15) is 0 Å². The topological polar surface area (TPSA) is 15.3 Å². The van der Waals surface area contributed by atoms with E-state index in [1.807, 2.05) is 0 Å². The SMILES string of the molecule is CN1[C]C(C(F)(F)F)=CN1. The van der Waals surface area contributed by atoms with E-state index < -0.39 is 11.7 Å². The van der Waals surface area contributed by atoms with Gasteiger partial charge in [0.2, 0.25) is 0 Å². The summed E-state index contributed by atoms with van der Waals surface area (Å²) in [4.78, 5) is 0. The van der Waals surface area contributed by atoms with E-state index in [1.54, 1.807) is 0 Å². The minimum absolute atomic E-state index is 0.782. The van der Waals surface area contributed by atoms with Crippen LogP contribution in [-0.2, 0) is 0 Å². The molecule has 0 spiro atoms. The van der Waals surface area contributed by atoms with E-state index in [-0.39, 0.29) is 0 Å². The fourth-order valence-electron chi connectivity index (χ4n) is 0.552. The van der Waals surface area contributed by atoms with Crippen molar-refractivity contribution in [3.05, 3.63) is 18.3 Å². The van der Waals surface area contributed by atoms with Crippen molar-refractivity contribution in [3.8, 4) is 0 Å². The molecular weight excluding hydrogens is 145 g/mol. The van der Waals surface area contributed by atoms with Crippen LogP contribution in [0.2, 0.25) is 0 Å². The van der Waals surface area contributed by atoms with Crippen LogP contribution in [0.5, 0.6) is 0 Å². The van der Waals surface area contributed by atoms with Crippen molar-refractivity contribution < 1.29 is 13.2 Å². The van der Waals surface area contributed by atoms with Crippen LogP contribution in [0.4, 0.5) is 13.2 Å². The summed E-state index contributed by atoms with van der Waals surface area (Å²) in [5.74, 6) is 0. The molecule has 0 atom stereocenters. The number of nitrogens with zero attached hydrogens (tertiary/aromatic N) is 1. The third-order valence-electron chi connectivity index (χ3n) is 0.996. The van der Waals surface area contributed by atoms with Gasteiger partial charge in [-0.3, -0.25) is 0 Å². The van der Waals surface area contributed by atoms with Gasteiger partial charge in [-0.1, -0.05) is 0 Å². The molecule has 2 nitrogen and oxygen atoms in total. The molecule has 0 unspecified atom stereocenters. The lowest BCUT2D eigenvalue weighted by Gasteiger charge is -2.07. The Labute approximate surface area is 56.3 Å². The van der Waals surface area contributed by atoms with E-state index in [9.17, 15) is 13.2 Å². The monoisotopic (exact) mass is 150 g/mol. The van der Waals surface area contributed by atoms with Crippen molar-refractivity contribution in [3.63, 3.8) is 0 Å². The molecule has 0 fully saturated rings. The zero-order valence-electron chi connectivity index (χ0n) is 5.16. The standard InChI is InChI=1S/C5H5F3N2/c1-10-3-4(2-9-10)5(6,7)8/h2,9H,1H3. The molecule has 0 aliphatic carbocycles. The number of likely N-dealkylation sites (N-methyl/N-ethyl adjacent to an activating group) is 1. The zero-order chi connectivity index (χ0) is 7.78. The Kier molecular flexibility index (Phi) is 1.60. The molecule has 2 radical (unpaired) electrons. The minimum Gasteiger partial charge on any atom is -0.325 e. The highest BCUT2D eigenvalue weighted by Crippen LogP contribution is 2.29. The quantitative estimate of drug-likeness (QED) is 0.552. The van der Waals surface area contributed by atoms with Gasteiger partial charge < -0.3 is 5.43 Å². The van der Waals surface area contributed by atoms with Gasteiger partial charge in [0.15, 0.2) is 0 Å². The number of halogens is 3. The van der Waals surface area contributed by atoms with Gasteiger partial charge in [0.1, 0.15) is 6.54 Å². The van der Waals surface area contributed by atoms with Crippen molar-refractivity contribution in [2.45, 2.75) is 6.18 Å². The normalized spacial score (nSPS) is 20.6. The summed E-state index contributed by atoms with van der Waals surface area (Å²) < 4.78 is 35.2. The van der Waals surface area contributed by atoms with Crippen molar-refractivity contribution in [2.75, 3.05) is 7.05 Å². The molecule has 1 aliphatic heterocycles. The maximum absolute atomic E-state index is 11.7. The van der Waals surface area contributed by atoms with E-state index in [2.05, 4.69) is 12.0 Å². The maximum atomic E-state index is 11.7. The van der Waals surface area contributed by atoms with Gasteiger partial charge in [0.25, 0.3) is 0 Å². The molecule has 0 saturated carbocycles. The lowest BCUT2D eigenvalue weighted by molar-refractivity contribution is -0.0903. The summed E-state index contributed by atoms with van der Waals surface area (Å²) in [5, 5.41) is 1.11. The molecule has 0 aromatic carbocycles. The van der Waals surface area contributed by atoms with Gasteiger partial charge in [-0.15, -0.1) is 0 Å². The van der Waals surface area contributed by atoms with Crippen molar-refractivity contribution in [2.24, 2.45) is 0 Å². The van der Waals surface area contributed by atoms with Gasteiger partial charge >= 0.3 is 6.18 Å². The van der Waals surface area contributed by atoms with Crippen LogP contribution in [0.15, 0.2) is 11.8 Å². The average Bonchev–Trinajstić information content (AvgIpc) is 2.11. The van der Waals surface area contributed by atoms with Gasteiger partial charge in [-0.05, 0) is 0 Å². The highest BCUT2D eigenvalue weighted by molar-refractivity contribution is 5.20. The van der Waals surface area contributed by atoms with Crippen LogP contribution in [-0.4, -0.2) is 18.2 Å². The Bertz CT molecular complexity index is 161. The first-order chi connectivity index (χ1) is 4.50. The summed E-state index contributed by atoms with van der Waals surface area (Å²) in [6, 6.07) is 0. The molecular formula is C5H5F3N2. The predicted molar refractivity (Wildman–Crippen MR) is 28.3 cm³/mol. The molecule has 10 heavy (non-hydrogen) atoms. The number of rotatable bonds is 0. The van der Waals surface area contributed by atoms with Crippen molar-refractivity contribution in [1.29, 1.82) is 0 Å². The molecule has 1 aliphatic rings. The number of alkyl halides is 3.